The van der Waals surface area contributed by atoms with Crippen LogP contribution in [-0.4, -0.2) is 12.6 Å². The number of carbonyl (C=O) groups excluding carboxylic acids is 1. The minimum atomic E-state index is -0.267. The van der Waals surface area contributed by atoms with E-state index in [1.807, 2.05) is 19.1 Å². The Morgan fingerprint density at radius 1 is 1.47 bits per heavy atom. The highest BCUT2D eigenvalue weighted by molar-refractivity contribution is 9.10. The number of esters is 1. The predicted molar refractivity (Wildman–Crippen MR) is 67.5 cm³/mol. The summed E-state index contributed by atoms with van der Waals surface area (Å²) >= 11 is 6.81. The monoisotopic (exact) mass is 334 g/mol. The zero-order valence-electron chi connectivity index (χ0n) is 8.64. The second-order valence-electron chi connectivity index (χ2n) is 3.13. The SMILES string of the molecule is CCOC(=O)c1cc(C)cc(Br)c1CBr. The molecular formula is C11H12Br2O2. The first-order valence-electron chi connectivity index (χ1n) is 4.62. The molecular weight excluding hydrogens is 324 g/mol. The number of carbonyl (C=O) groups is 1. The fraction of sp³-hybridized carbons (Fsp3) is 0.364. The van der Waals surface area contributed by atoms with Gasteiger partial charge in [-0.1, -0.05) is 31.9 Å². The minimum Gasteiger partial charge on any atom is -0.462 e. The van der Waals surface area contributed by atoms with Gasteiger partial charge in [-0.25, -0.2) is 4.79 Å². The molecule has 15 heavy (non-hydrogen) atoms. The molecule has 0 aliphatic heterocycles. The number of aryl methyl sites for hydroxylation is 1. The second kappa shape index (κ2) is 5.66. The van der Waals surface area contributed by atoms with Gasteiger partial charge in [0.1, 0.15) is 0 Å². The fourth-order valence-corrected chi connectivity index (χ4v) is 2.99. The van der Waals surface area contributed by atoms with Crippen molar-refractivity contribution in [2.75, 3.05) is 6.61 Å². The molecule has 4 heteroatoms. The smallest absolute Gasteiger partial charge is 0.338 e. The molecule has 0 amide bonds. The Labute approximate surface area is 106 Å². The van der Waals surface area contributed by atoms with Gasteiger partial charge in [0.05, 0.1) is 12.2 Å². The van der Waals surface area contributed by atoms with Crippen LogP contribution in [0.15, 0.2) is 16.6 Å². The summed E-state index contributed by atoms with van der Waals surface area (Å²) in [4.78, 5) is 11.7. The molecule has 0 fully saturated rings. The molecule has 0 bridgehead atoms. The van der Waals surface area contributed by atoms with Gasteiger partial charge in [-0.05, 0) is 37.1 Å². The van der Waals surface area contributed by atoms with E-state index in [0.29, 0.717) is 17.5 Å². The second-order valence-corrected chi connectivity index (χ2v) is 4.54. The van der Waals surface area contributed by atoms with E-state index in [-0.39, 0.29) is 5.97 Å². The van der Waals surface area contributed by atoms with Crippen molar-refractivity contribution in [1.82, 2.24) is 0 Å². The molecule has 2 nitrogen and oxygen atoms in total. The third-order valence-corrected chi connectivity index (χ3v) is 3.24. The topological polar surface area (TPSA) is 26.3 Å². The summed E-state index contributed by atoms with van der Waals surface area (Å²) in [6.07, 6.45) is 0. The minimum absolute atomic E-state index is 0.267. The molecule has 0 aromatic heterocycles. The quantitative estimate of drug-likeness (QED) is 0.620. The molecule has 0 aliphatic rings. The van der Waals surface area contributed by atoms with Crippen molar-refractivity contribution in [2.24, 2.45) is 0 Å². The van der Waals surface area contributed by atoms with Crippen LogP contribution < -0.4 is 0 Å². The van der Waals surface area contributed by atoms with Crippen molar-refractivity contribution in [3.8, 4) is 0 Å². The summed E-state index contributed by atoms with van der Waals surface area (Å²) in [6, 6.07) is 3.83. The lowest BCUT2D eigenvalue weighted by molar-refractivity contribution is 0.0525. The molecule has 82 valence electrons. The van der Waals surface area contributed by atoms with Crippen molar-refractivity contribution >= 4 is 37.8 Å². The van der Waals surface area contributed by atoms with Crippen LogP contribution in [-0.2, 0) is 10.1 Å². The maximum Gasteiger partial charge on any atom is 0.338 e. The van der Waals surface area contributed by atoms with Gasteiger partial charge in [-0.15, -0.1) is 0 Å². The van der Waals surface area contributed by atoms with Gasteiger partial charge >= 0.3 is 5.97 Å². The number of alkyl halides is 1. The van der Waals surface area contributed by atoms with Crippen LogP contribution in [0.5, 0.6) is 0 Å². The van der Waals surface area contributed by atoms with E-state index in [1.165, 1.54) is 0 Å². The third-order valence-electron chi connectivity index (χ3n) is 1.97. The lowest BCUT2D eigenvalue weighted by atomic mass is 10.1. The van der Waals surface area contributed by atoms with Gasteiger partial charge in [-0.3, -0.25) is 0 Å². The van der Waals surface area contributed by atoms with Crippen LogP contribution in [0.4, 0.5) is 0 Å². The van der Waals surface area contributed by atoms with Gasteiger partial charge in [0.25, 0.3) is 0 Å². The molecule has 1 rings (SSSR count). The number of halogens is 2. The van der Waals surface area contributed by atoms with Crippen LogP contribution in [0.3, 0.4) is 0 Å². The van der Waals surface area contributed by atoms with Gasteiger partial charge in [0.15, 0.2) is 0 Å². The molecule has 0 radical (unpaired) electrons. The van der Waals surface area contributed by atoms with E-state index in [2.05, 4.69) is 31.9 Å². The van der Waals surface area contributed by atoms with Crippen LogP contribution in [0.25, 0.3) is 0 Å². The fourth-order valence-electron chi connectivity index (χ4n) is 1.30. The van der Waals surface area contributed by atoms with Crippen molar-refractivity contribution in [3.63, 3.8) is 0 Å². The highest BCUT2D eigenvalue weighted by Crippen LogP contribution is 2.25. The zero-order chi connectivity index (χ0) is 11.4. The number of rotatable bonds is 3. The molecule has 0 saturated heterocycles. The van der Waals surface area contributed by atoms with Gasteiger partial charge in [0.2, 0.25) is 0 Å². The van der Waals surface area contributed by atoms with E-state index in [0.717, 1.165) is 15.6 Å². The van der Waals surface area contributed by atoms with E-state index < -0.39 is 0 Å². The Morgan fingerprint density at radius 3 is 2.67 bits per heavy atom. The first kappa shape index (κ1) is 12.7. The zero-order valence-corrected chi connectivity index (χ0v) is 11.8. The molecule has 0 unspecified atom stereocenters. The van der Waals surface area contributed by atoms with E-state index in [1.54, 1.807) is 6.92 Å². The van der Waals surface area contributed by atoms with Gasteiger partial charge < -0.3 is 4.74 Å². The third kappa shape index (κ3) is 3.05. The van der Waals surface area contributed by atoms with Crippen molar-refractivity contribution < 1.29 is 9.53 Å². The van der Waals surface area contributed by atoms with Crippen LogP contribution in [0, 0.1) is 6.92 Å². The van der Waals surface area contributed by atoms with Crippen molar-refractivity contribution in [1.29, 1.82) is 0 Å². The van der Waals surface area contributed by atoms with Crippen molar-refractivity contribution in [3.05, 3.63) is 33.3 Å². The number of benzene rings is 1. The standard InChI is InChI=1S/C11H12Br2O2/c1-3-15-11(14)8-4-7(2)5-10(13)9(8)6-12/h4-5H,3,6H2,1-2H3. The summed E-state index contributed by atoms with van der Waals surface area (Å²) in [5, 5.41) is 0.627. The highest BCUT2D eigenvalue weighted by atomic mass is 79.9. The van der Waals surface area contributed by atoms with E-state index in [4.69, 9.17) is 4.74 Å². The molecule has 0 atom stereocenters. The molecule has 0 spiro atoms. The summed E-state index contributed by atoms with van der Waals surface area (Å²) in [7, 11) is 0. The molecule has 0 saturated carbocycles. The summed E-state index contributed by atoms with van der Waals surface area (Å²) in [6.45, 7) is 4.15. The Bertz CT molecular complexity index is 375. The van der Waals surface area contributed by atoms with Crippen LogP contribution in [0.2, 0.25) is 0 Å². The average Bonchev–Trinajstić information content (AvgIpc) is 2.17. The van der Waals surface area contributed by atoms with Gasteiger partial charge in [-0.2, -0.15) is 0 Å². The first-order valence-corrected chi connectivity index (χ1v) is 6.53. The molecule has 1 aromatic carbocycles. The Hall–Kier alpha value is -0.350. The van der Waals surface area contributed by atoms with E-state index >= 15 is 0 Å². The largest absolute Gasteiger partial charge is 0.462 e. The highest BCUT2D eigenvalue weighted by Gasteiger charge is 2.14. The Kier molecular flexibility index (Phi) is 4.80. The summed E-state index contributed by atoms with van der Waals surface area (Å²) in [5.41, 5.74) is 2.59. The average molecular weight is 336 g/mol. The predicted octanol–water partition coefficient (Wildman–Crippen LogP) is 3.83. The molecule has 1 aromatic rings. The Balaban J connectivity index is 3.20. The molecule has 0 aliphatic carbocycles. The Morgan fingerprint density at radius 2 is 2.13 bits per heavy atom. The first-order chi connectivity index (χ1) is 7.10. The molecule has 0 heterocycles. The number of ether oxygens (including phenoxy) is 1. The maximum absolute atomic E-state index is 11.7. The van der Waals surface area contributed by atoms with Crippen LogP contribution >= 0.6 is 31.9 Å². The summed E-state index contributed by atoms with van der Waals surface area (Å²) < 4.78 is 5.93. The summed E-state index contributed by atoms with van der Waals surface area (Å²) in [5.74, 6) is -0.267. The lowest BCUT2D eigenvalue weighted by Gasteiger charge is -2.09. The number of hydrogen-bond donors (Lipinski definition) is 0. The molecule has 0 N–H and O–H groups in total. The number of hydrogen-bond acceptors (Lipinski definition) is 2. The van der Waals surface area contributed by atoms with Crippen LogP contribution in [0.1, 0.15) is 28.4 Å². The van der Waals surface area contributed by atoms with Gasteiger partial charge in [0, 0.05) is 9.80 Å². The van der Waals surface area contributed by atoms with Crippen molar-refractivity contribution in [2.45, 2.75) is 19.2 Å². The normalized spacial score (nSPS) is 10.1. The van der Waals surface area contributed by atoms with E-state index in [9.17, 15) is 4.79 Å². The maximum atomic E-state index is 11.7. The lowest BCUT2D eigenvalue weighted by Crippen LogP contribution is -2.08.